The topological polar surface area (TPSA) is 30.2 Å². The summed E-state index contributed by atoms with van der Waals surface area (Å²) in [6.45, 7) is 2.19. The van der Waals surface area contributed by atoms with Gasteiger partial charge in [0.05, 0.1) is 27.6 Å². The summed E-state index contributed by atoms with van der Waals surface area (Å²) in [5, 5.41) is 3.43. The van der Waals surface area contributed by atoms with Gasteiger partial charge in [-0.25, -0.2) is 9.97 Å². The highest BCUT2D eigenvalue weighted by molar-refractivity contribution is 6.14. The average molecular weight is 347 g/mol. The third-order valence-corrected chi connectivity index (χ3v) is 5.49. The molecule has 0 aliphatic heterocycles. The molecule has 0 N–H and O–H groups in total. The van der Waals surface area contributed by atoms with Gasteiger partial charge in [-0.15, -0.1) is 0 Å². The van der Waals surface area contributed by atoms with Crippen LogP contribution in [0.3, 0.4) is 0 Å². The minimum atomic E-state index is 0.973. The molecule has 0 aliphatic rings. The smallest absolute Gasteiger partial charge is 0.147 e. The maximum atomic E-state index is 5.05. The molecule has 0 spiro atoms. The zero-order valence-corrected chi connectivity index (χ0v) is 15.0. The van der Waals surface area contributed by atoms with Crippen LogP contribution in [0.4, 0.5) is 0 Å². The van der Waals surface area contributed by atoms with Crippen molar-refractivity contribution >= 4 is 49.4 Å². The van der Waals surface area contributed by atoms with E-state index in [9.17, 15) is 0 Å². The number of fused-ring (bicyclic) bond motifs is 9. The molecule has 3 aromatic carbocycles. The minimum absolute atomic E-state index is 0.973. The molecule has 0 atom stereocenters. The third kappa shape index (κ3) is 1.97. The van der Waals surface area contributed by atoms with Crippen LogP contribution in [0.1, 0.15) is 12.5 Å². The Balaban J connectivity index is 1.97. The molecule has 0 fully saturated rings. The first-order chi connectivity index (χ1) is 13.3. The van der Waals surface area contributed by atoms with Crippen LogP contribution < -0.4 is 0 Å². The van der Waals surface area contributed by atoms with Crippen molar-refractivity contribution in [2.45, 2.75) is 13.3 Å². The van der Waals surface area contributed by atoms with E-state index in [1.54, 1.807) is 0 Å². The Kier molecular flexibility index (Phi) is 2.87. The fourth-order valence-electron chi connectivity index (χ4n) is 4.13. The standard InChI is InChI=1S/C24H17N3/c1-2-15-11-12-21-17(13-15)23-18(14-16-7-3-4-8-19(16)25-23)24-26-20-9-5-6-10-22(20)27(21)24/h3-14H,2H2,1H3. The van der Waals surface area contributed by atoms with E-state index in [1.165, 1.54) is 10.9 Å². The molecule has 0 bridgehead atoms. The van der Waals surface area contributed by atoms with Gasteiger partial charge in [0.15, 0.2) is 0 Å². The second-order valence-corrected chi connectivity index (χ2v) is 7.04. The monoisotopic (exact) mass is 347 g/mol. The highest BCUT2D eigenvalue weighted by Crippen LogP contribution is 2.33. The van der Waals surface area contributed by atoms with Gasteiger partial charge in [-0.3, -0.25) is 4.40 Å². The molecule has 3 aromatic heterocycles. The van der Waals surface area contributed by atoms with Crippen LogP contribution in [-0.2, 0) is 6.42 Å². The van der Waals surface area contributed by atoms with E-state index in [4.69, 9.17) is 9.97 Å². The Morgan fingerprint density at radius 3 is 2.44 bits per heavy atom. The molecule has 3 heteroatoms. The van der Waals surface area contributed by atoms with Crippen molar-refractivity contribution in [3.05, 3.63) is 78.4 Å². The fraction of sp³-hybridized carbons (Fsp3) is 0.0833. The predicted molar refractivity (Wildman–Crippen MR) is 112 cm³/mol. The molecule has 0 saturated carbocycles. The van der Waals surface area contributed by atoms with Gasteiger partial charge in [-0.05, 0) is 48.4 Å². The second-order valence-electron chi connectivity index (χ2n) is 7.04. The van der Waals surface area contributed by atoms with Gasteiger partial charge in [0.25, 0.3) is 0 Å². The molecule has 3 nitrogen and oxygen atoms in total. The largest absolute Gasteiger partial charge is 0.292 e. The zero-order valence-electron chi connectivity index (χ0n) is 15.0. The first-order valence-corrected chi connectivity index (χ1v) is 9.35. The van der Waals surface area contributed by atoms with E-state index in [0.717, 1.165) is 50.4 Å². The highest BCUT2D eigenvalue weighted by atomic mass is 15.0. The van der Waals surface area contributed by atoms with E-state index in [-0.39, 0.29) is 0 Å². The van der Waals surface area contributed by atoms with Crippen molar-refractivity contribution in [2.75, 3.05) is 0 Å². The Hall–Kier alpha value is -3.46. The van der Waals surface area contributed by atoms with Gasteiger partial charge >= 0.3 is 0 Å². The lowest BCUT2D eigenvalue weighted by molar-refractivity contribution is 1.14. The molecule has 27 heavy (non-hydrogen) atoms. The number of hydrogen-bond acceptors (Lipinski definition) is 2. The first-order valence-electron chi connectivity index (χ1n) is 9.35. The maximum absolute atomic E-state index is 5.05. The molecule has 128 valence electrons. The molecular formula is C24H17N3. The number of benzene rings is 3. The lowest BCUT2D eigenvalue weighted by Gasteiger charge is -2.11. The van der Waals surface area contributed by atoms with E-state index < -0.39 is 0 Å². The molecule has 0 unspecified atom stereocenters. The Bertz CT molecular complexity index is 1510. The lowest BCUT2D eigenvalue weighted by atomic mass is 10.0. The summed E-state index contributed by atoms with van der Waals surface area (Å²) in [6.07, 6.45) is 1.01. The van der Waals surface area contributed by atoms with Gasteiger partial charge in [-0.2, -0.15) is 0 Å². The Morgan fingerprint density at radius 1 is 0.741 bits per heavy atom. The predicted octanol–water partition coefficient (Wildman–Crippen LogP) is 5.90. The van der Waals surface area contributed by atoms with Crippen molar-refractivity contribution < 1.29 is 0 Å². The van der Waals surface area contributed by atoms with Crippen molar-refractivity contribution in [2.24, 2.45) is 0 Å². The van der Waals surface area contributed by atoms with Crippen LogP contribution in [0, 0.1) is 0 Å². The average Bonchev–Trinajstić information content (AvgIpc) is 3.12. The van der Waals surface area contributed by atoms with Gasteiger partial charge in [0, 0.05) is 16.2 Å². The molecule has 0 aliphatic carbocycles. The van der Waals surface area contributed by atoms with E-state index in [0.29, 0.717) is 0 Å². The van der Waals surface area contributed by atoms with Crippen LogP contribution in [0.2, 0.25) is 0 Å². The number of para-hydroxylation sites is 3. The summed E-state index contributed by atoms with van der Waals surface area (Å²) in [7, 11) is 0. The molecule has 6 rings (SSSR count). The molecular weight excluding hydrogens is 330 g/mol. The summed E-state index contributed by atoms with van der Waals surface area (Å²) in [6, 6.07) is 25.6. The van der Waals surface area contributed by atoms with Crippen LogP contribution >= 0.6 is 0 Å². The number of hydrogen-bond donors (Lipinski definition) is 0. The Labute approximate surface area is 155 Å². The zero-order chi connectivity index (χ0) is 18.0. The van der Waals surface area contributed by atoms with Crippen LogP contribution in [0.25, 0.3) is 49.4 Å². The van der Waals surface area contributed by atoms with Gasteiger partial charge < -0.3 is 0 Å². The van der Waals surface area contributed by atoms with Crippen LogP contribution in [0.5, 0.6) is 0 Å². The van der Waals surface area contributed by atoms with Crippen molar-refractivity contribution in [3.8, 4) is 0 Å². The third-order valence-electron chi connectivity index (χ3n) is 5.49. The molecule has 0 radical (unpaired) electrons. The summed E-state index contributed by atoms with van der Waals surface area (Å²) >= 11 is 0. The number of nitrogens with zero attached hydrogens (tertiary/aromatic N) is 3. The van der Waals surface area contributed by atoms with Crippen molar-refractivity contribution in [1.29, 1.82) is 0 Å². The summed E-state index contributed by atoms with van der Waals surface area (Å²) in [5.74, 6) is 0. The fourth-order valence-corrected chi connectivity index (χ4v) is 4.13. The number of aromatic nitrogens is 3. The molecule has 0 amide bonds. The Morgan fingerprint density at radius 2 is 1.56 bits per heavy atom. The molecule has 6 aromatic rings. The summed E-state index contributed by atoms with van der Waals surface area (Å²) < 4.78 is 2.28. The normalized spacial score (nSPS) is 12.0. The van der Waals surface area contributed by atoms with Gasteiger partial charge in [0.2, 0.25) is 0 Å². The van der Waals surface area contributed by atoms with Crippen molar-refractivity contribution in [3.63, 3.8) is 0 Å². The quantitative estimate of drug-likeness (QED) is 0.274. The number of rotatable bonds is 1. The summed E-state index contributed by atoms with van der Waals surface area (Å²) in [5.41, 5.74) is 7.65. The number of aryl methyl sites for hydroxylation is 1. The van der Waals surface area contributed by atoms with Gasteiger partial charge in [-0.1, -0.05) is 43.3 Å². The summed E-state index contributed by atoms with van der Waals surface area (Å²) in [4.78, 5) is 10.0. The second kappa shape index (κ2) is 5.27. The highest BCUT2D eigenvalue weighted by Gasteiger charge is 2.15. The molecule has 0 saturated heterocycles. The van der Waals surface area contributed by atoms with E-state index in [2.05, 4.69) is 72.0 Å². The van der Waals surface area contributed by atoms with Gasteiger partial charge in [0.1, 0.15) is 5.65 Å². The van der Waals surface area contributed by atoms with E-state index >= 15 is 0 Å². The van der Waals surface area contributed by atoms with E-state index in [1.807, 2.05) is 12.1 Å². The SMILES string of the molecule is CCc1ccc2c(c1)c1nc3ccccc3cc1c1nc3ccccc3n21. The van der Waals surface area contributed by atoms with Crippen LogP contribution in [-0.4, -0.2) is 14.4 Å². The molecule has 3 heterocycles. The number of imidazole rings is 1. The first kappa shape index (κ1) is 14.7. The maximum Gasteiger partial charge on any atom is 0.147 e. The number of pyridine rings is 2. The lowest BCUT2D eigenvalue weighted by Crippen LogP contribution is -1.95. The minimum Gasteiger partial charge on any atom is -0.292 e. The van der Waals surface area contributed by atoms with Crippen LogP contribution in [0.15, 0.2) is 72.8 Å². The van der Waals surface area contributed by atoms with Crippen molar-refractivity contribution in [1.82, 2.24) is 14.4 Å².